The van der Waals surface area contributed by atoms with E-state index in [1.807, 2.05) is 36.5 Å². The van der Waals surface area contributed by atoms with Crippen molar-refractivity contribution in [1.29, 1.82) is 0 Å². The van der Waals surface area contributed by atoms with Gasteiger partial charge in [-0.25, -0.2) is 4.57 Å². The Kier molecular flexibility index (Phi) is 37.2. The molecule has 0 aliphatic heterocycles. The molecule has 0 aliphatic carbocycles. The molecule has 0 fully saturated rings. The van der Waals surface area contributed by atoms with Gasteiger partial charge >= 0.3 is 19.8 Å². The smallest absolute Gasteiger partial charge is 0.462 e. The number of nitrogens with two attached hydrogens (primary N) is 1. The molecule has 0 saturated heterocycles. The number of hydrogen-bond acceptors (Lipinski definition) is 9. The monoisotopic (exact) mass is 782 g/mol. The van der Waals surface area contributed by atoms with Gasteiger partial charge in [0.1, 0.15) is 6.61 Å². The van der Waals surface area contributed by atoms with Gasteiger partial charge in [-0.05, 0) is 64.2 Å². The van der Waals surface area contributed by atoms with E-state index in [0.717, 1.165) is 64.2 Å². The van der Waals surface area contributed by atoms with Crippen LogP contribution in [-0.2, 0) is 32.7 Å². The van der Waals surface area contributed by atoms with Gasteiger partial charge in [-0.3, -0.25) is 18.6 Å². The predicted molar refractivity (Wildman–Crippen MR) is 221 cm³/mol. The van der Waals surface area contributed by atoms with Crippen LogP contribution in [0, 0.1) is 0 Å². The zero-order valence-corrected chi connectivity index (χ0v) is 34.7. The van der Waals surface area contributed by atoms with Crippen LogP contribution < -0.4 is 5.73 Å². The molecule has 0 amide bonds. The fraction of sp³-hybridized carbons (Fsp3) is 0.721. The second kappa shape index (κ2) is 38.9. The van der Waals surface area contributed by atoms with E-state index in [4.69, 9.17) is 24.3 Å². The maximum absolute atomic E-state index is 12.6. The van der Waals surface area contributed by atoms with Crippen molar-refractivity contribution < 1.29 is 42.7 Å². The Morgan fingerprint density at radius 3 is 1.89 bits per heavy atom. The summed E-state index contributed by atoms with van der Waals surface area (Å²) in [7, 11) is -4.40. The second-order valence-electron chi connectivity index (χ2n) is 13.7. The summed E-state index contributed by atoms with van der Waals surface area (Å²) in [5.41, 5.74) is 5.33. The zero-order chi connectivity index (χ0) is 39.8. The average molecular weight is 782 g/mol. The van der Waals surface area contributed by atoms with Crippen molar-refractivity contribution in [3.63, 3.8) is 0 Å². The number of hydrogen-bond donors (Lipinski definition) is 3. The van der Waals surface area contributed by atoms with Gasteiger partial charge in [0.05, 0.1) is 19.3 Å². The summed E-state index contributed by atoms with van der Waals surface area (Å²) in [6.45, 7) is 3.50. The maximum atomic E-state index is 12.6. The van der Waals surface area contributed by atoms with E-state index < -0.39 is 32.5 Å². The summed E-state index contributed by atoms with van der Waals surface area (Å²) in [6, 6.07) is 0. The number of rotatable bonds is 38. The number of phosphoric acid groups is 1. The lowest BCUT2D eigenvalue weighted by Gasteiger charge is -2.19. The van der Waals surface area contributed by atoms with Crippen LogP contribution >= 0.6 is 7.82 Å². The largest absolute Gasteiger partial charge is 0.472 e. The maximum Gasteiger partial charge on any atom is 0.472 e. The molecule has 0 radical (unpaired) electrons. The second-order valence-corrected chi connectivity index (χ2v) is 15.2. The van der Waals surface area contributed by atoms with Crippen molar-refractivity contribution >= 4 is 19.8 Å². The Labute approximate surface area is 328 Å². The third-order valence-corrected chi connectivity index (χ3v) is 9.46. The lowest BCUT2D eigenvalue weighted by atomic mass is 10.1. The topological polar surface area (TPSA) is 155 Å². The van der Waals surface area contributed by atoms with Crippen molar-refractivity contribution in [3.8, 4) is 0 Å². The highest BCUT2D eigenvalue weighted by Crippen LogP contribution is 2.43. The fourth-order valence-electron chi connectivity index (χ4n) is 5.32. The predicted octanol–water partition coefficient (Wildman–Crippen LogP) is 10.7. The molecule has 0 aliphatic rings. The van der Waals surface area contributed by atoms with Crippen LogP contribution in [0.5, 0.6) is 0 Å². The Bertz CT molecular complexity index is 1090. The summed E-state index contributed by atoms with van der Waals surface area (Å²) in [6.07, 6.45) is 41.5. The van der Waals surface area contributed by atoms with Crippen molar-refractivity contribution in [2.24, 2.45) is 5.73 Å². The van der Waals surface area contributed by atoms with Crippen LogP contribution in [0.1, 0.15) is 162 Å². The highest BCUT2D eigenvalue weighted by atomic mass is 31.2. The van der Waals surface area contributed by atoms with E-state index in [9.17, 15) is 24.2 Å². The molecule has 4 N–H and O–H groups in total. The quantitative estimate of drug-likeness (QED) is 0.0181. The highest BCUT2D eigenvalue weighted by molar-refractivity contribution is 7.47. The summed E-state index contributed by atoms with van der Waals surface area (Å²) < 4.78 is 32.6. The lowest BCUT2D eigenvalue weighted by molar-refractivity contribution is -0.161. The van der Waals surface area contributed by atoms with Crippen molar-refractivity contribution in [3.05, 3.63) is 60.8 Å². The van der Waals surface area contributed by atoms with E-state index in [0.29, 0.717) is 19.3 Å². The molecule has 312 valence electrons. The number of carbonyl (C=O) groups excluding carboxylic acids is 2. The van der Waals surface area contributed by atoms with E-state index in [2.05, 4.69) is 38.2 Å². The first kappa shape index (κ1) is 51.7. The molecule has 0 spiro atoms. The van der Waals surface area contributed by atoms with Crippen LogP contribution in [0.4, 0.5) is 0 Å². The summed E-state index contributed by atoms with van der Waals surface area (Å²) >= 11 is 0. The Morgan fingerprint density at radius 1 is 0.648 bits per heavy atom. The van der Waals surface area contributed by atoms with E-state index in [1.54, 1.807) is 0 Å². The van der Waals surface area contributed by atoms with Gasteiger partial charge in [0.25, 0.3) is 0 Å². The molecule has 0 aromatic rings. The molecule has 54 heavy (non-hydrogen) atoms. The molecule has 11 heteroatoms. The number of aliphatic hydroxyl groups is 1. The number of phosphoric ester groups is 1. The Morgan fingerprint density at radius 2 is 1.20 bits per heavy atom. The Hall–Kier alpha value is -2.33. The number of unbranched alkanes of at least 4 members (excludes halogenated alkanes) is 14. The van der Waals surface area contributed by atoms with Gasteiger partial charge in [-0.15, -0.1) is 0 Å². The molecule has 3 atom stereocenters. The van der Waals surface area contributed by atoms with E-state index in [-0.39, 0.29) is 38.7 Å². The SMILES string of the molecule is CCCCCC/C=C\CCCCCCCCCC(=O)O[C@H](COC(=O)CCC/C=C\C/C=C\C/C=C\C=C\[C@H](O)CCCCC)COP(=O)(O)OCCN. The molecular weight excluding hydrogens is 705 g/mol. The molecule has 0 heterocycles. The van der Waals surface area contributed by atoms with E-state index >= 15 is 0 Å². The first-order valence-corrected chi connectivity index (χ1v) is 22.4. The number of ether oxygens (including phenoxy) is 2. The number of aliphatic hydroxyl groups excluding tert-OH is 1. The summed E-state index contributed by atoms with van der Waals surface area (Å²) in [4.78, 5) is 34.8. The molecular formula is C43H76NO9P. The standard InChI is InChI=1S/C43H76NO9P/c1-3-5-7-8-9-10-11-12-13-14-17-21-24-27-31-35-43(47)53-41(39-52-54(48,49)51-37-36-44)38-50-42(46)34-30-26-23-20-18-15-16-19-22-25-29-33-40(45)32-28-6-4-2/h10-11,15-16,20,22-23,25,29,33,40-41,45H,3-9,12-14,17-19,21,24,26-28,30-32,34-39,44H2,1-2H3,(H,48,49)/b11-10-,16-15-,23-20-,25-22-,33-29+/t40-,41-/m1/s1. The first-order valence-electron chi connectivity index (χ1n) is 20.9. The number of carbonyl (C=O) groups is 2. The average Bonchev–Trinajstić information content (AvgIpc) is 3.15. The summed E-state index contributed by atoms with van der Waals surface area (Å²) in [5, 5.41) is 9.88. The van der Waals surface area contributed by atoms with Gasteiger partial charge < -0.3 is 25.2 Å². The fourth-order valence-corrected chi connectivity index (χ4v) is 6.08. The molecule has 0 rings (SSSR count). The molecule has 0 aromatic carbocycles. The van der Waals surface area contributed by atoms with Crippen LogP contribution in [0.2, 0.25) is 0 Å². The highest BCUT2D eigenvalue weighted by Gasteiger charge is 2.26. The minimum Gasteiger partial charge on any atom is -0.462 e. The lowest BCUT2D eigenvalue weighted by Crippen LogP contribution is -2.29. The zero-order valence-electron chi connectivity index (χ0n) is 33.8. The third kappa shape index (κ3) is 38.0. The number of allylic oxidation sites excluding steroid dienone is 9. The van der Waals surface area contributed by atoms with Crippen molar-refractivity contribution in [2.75, 3.05) is 26.4 Å². The molecule has 0 aromatic heterocycles. The molecule has 1 unspecified atom stereocenters. The third-order valence-electron chi connectivity index (χ3n) is 8.48. The van der Waals surface area contributed by atoms with Gasteiger partial charge in [0.15, 0.2) is 6.10 Å². The van der Waals surface area contributed by atoms with Gasteiger partial charge in [-0.1, -0.05) is 145 Å². The normalized spacial score (nSPS) is 14.5. The van der Waals surface area contributed by atoms with Crippen LogP contribution in [0.3, 0.4) is 0 Å². The van der Waals surface area contributed by atoms with E-state index in [1.165, 1.54) is 51.4 Å². The molecule has 0 bridgehead atoms. The molecule has 10 nitrogen and oxygen atoms in total. The van der Waals surface area contributed by atoms with Crippen molar-refractivity contribution in [1.82, 2.24) is 0 Å². The Balaban J connectivity index is 4.33. The first-order chi connectivity index (χ1) is 26.2. The van der Waals surface area contributed by atoms with Crippen LogP contribution in [-0.4, -0.2) is 60.5 Å². The van der Waals surface area contributed by atoms with Crippen LogP contribution in [0.15, 0.2) is 60.8 Å². The summed E-state index contributed by atoms with van der Waals surface area (Å²) in [5.74, 6) is -0.930. The molecule has 0 saturated carbocycles. The van der Waals surface area contributed by atoms with Gasteiger partial charge in [-0.2, -0.15) is 0 Å². The van der Waals surface area contributed by atoms with Crippen molar-refractivity contribution in [2.45, 2.75) is 174 Å². The minimum atomic E-state index is -4.40. The number of esters is 2. The minimum absolute atomic E-state index is 0.0362. The van der Waals surface area contributed by atoms with Gasteiger partial charge in [0.2, 0.25) is 0 Å². The van der Waals surface area contributed by atoms with Gasteiger partial charge in [0, 0.05) is 19.4 Å². The van der Waals surface area contributed by atoms with Crippen LogP contribution in [0.25, 0.3) is 0 Å².